The molecule has 312 valence electrons. The number of rotatable bonds is 20. The van der Waals surface area contributed by atoms with Gasteiger partial charge in [0, 0.05) is 29.3 Å². The van der Waals surface area contributed by atoms with Crippen LogP contribution < -0.4 is 32.2 Å². The number of amides is 2. The van der Waals surface area contributed by atoms with E-state index in [1.165, 1.54) is 13.1 Å². The number of phosphoric ester groups is 1. The molecule has 29 heteroatoms. The van der Waals surface area contributed by atoms with E-state index in [2.05, 4.69) is 56.0 Å². The predicted molar refractivity (Wildman–Crippen MR) is 194 cm³/mol. The fraction of sp³-hybridized carbons (Fsp3) is 0.464. The van der Waals surface area contributed by atoms with Gasteiger partial charge in [-0.05, 0) is 36.6 Å². The smallest absolute Gasteiger partial charge is 0.490 e. The highest BCUT2D eigenvalue weighted by atomic mass is 31.3. The molecule has 0 saturated carbocycles. The van der Waals surface area contributed by atoms with Gasteiger partial charge in [-0.3, -0.25) is 14.1 Å². The summed E-state index contributed by atoms with van der Waals surface area (Å²) in [4.78, 5) is 67.5. The number of carbonyl (C=O) groups excluding carboxylic acids is 2. The molecular weight excluding hydrogens is 825 g/mol. The first-order chi connectivity index (χ1) is 26.9. The Morgan fingerprint density at radius 1 is 1.19 bits per heavy atom. The molecule has 0 bridgehead atoms. The number of guanidine groups is 1. The van der Waals surface area contributed by atoms with Gasteiger partial charge in [0.05, 0.1) is 38.0 Å². The quantitative estimate of drug-likeness (QED) is 0.0222. The Labute approximate surface area is 323 Å². The van der Waals surface area contributed by atoms with Crippen LogP contribution in [0.25, 0.3) is 10.4 Å². The van der Waals surface area contributed by atoms with E-state index >= 15 is 0 Å². The van der Waals surface area contributed by atoms with Crippen molar-refractivity contribution in [1.82, 2.24) is 15.2 Å². The second-order valence-corrected chi connectivity index (χ2v) is 16.0. The number of hydrogen-bond acceptors (Lipinski definition) is 17. The molecule has 1 saturated heterocycles. The van der Waals surface area contributed by atoms with E-state index in [9.17, 15) is 33.1 Å². The number of nitrogens with two attached hydrogens (primary N) is 2. The van der Waals surface area contributed by atoms with Crippen LogP contribution in [0.15, 0.2) is 40.6 Å². The van der Waals surface area contributed by atoms with Crippen LogP contribution in [0.4, 0.5) is 5.82 Å². The van der Waals surface area contributed by atoms with Crippen LogP contribution in [0.1, 0.15) is 46.7 Å². The summed E-state index contributed by atoms with van der Waals surface area (Å²) in [6.07, 6.45) is -1.35. The Morgan fingerprint density at radius 2 is 1.96 bits per heavy atom. The van der Waals surface area contributed by atoms with Crippen molar-refractivity contribution < 1.29 is 75.0 Å². The number of aliphatic imine (C=N–C) groups is 1. The van der Waals surface area contributed by atoms with Crippen LogP contribution in [-0.4, -0.2) is 101 Å². The summed E-state index contributed by atoms with van der Waals surface area (Å²) in [5.74, 6) is 5.68. The molecule has 4 unspecified atom stereocenters. The van der Waals surface area contributed by atoms with Gasteiger partial charge in [0.1, 0.15) is 37.2 Å². The zero-order valence-electron chi connectivity index (χ0n) is 29.8. The van der Waals surface area contributed by atoms with E-state index in [4.69, 9.17) is 45.7 Å². The zero-order chi connectivity index (χ0) is 41.8. The van der Waals surface area contributed by atoms with E-state index in [1.807, 2.05) is 0 Å². The van der Waals surface area contributed by atoms with E-state index < -0.39 is 60.7 Å². The first-order valence-electron chi connectivity index (χ1n) is 16.4. The number of nitrogens with one attached hydrogen (secondary N) is 3. The molecule has 6 atom stereocenters. The molecule has 4 rings (SSSR count). The van der Waals surface area contributed by atoms with E-state index in [1.54, 1.807) is 29.0 Å². The molecule has 2 aromatic rings. The normalized spacial score (nSPS) is 20.2. The number of hydrogen-bond donors (Lipinski definition) is 9. The van der Waals surface area contributed by atoms with E-state index in [0.29, 0.717) is 34.7 Å². The third kappa shape index (κ3) is 14.5. The summed E-state index contributed by atoms with van der Waals surface area (Å²) in [5.41, 5.74) is 22.2. The Hall–Kier alpha value is -4.37. The minimum atomic E-state index is -5.68. The lowest BCUT2D eigenvalue weighted by molar-refractivity contribution is -0.126. The van der Waals surface area contributed by atoms with Crippen molar-refractivity contribution in [2.75, 3.05) is 51.9 Å². The standard InChI is InChI=1S/C28H39N10O16P3/c1-32-27(40)17-4-2-6-19(12-17)50-16-22(36-37-31)49-11-10-48-15-21(39)33-9-3-5-18-13-38(26-24(18)25(29)34-28(30)35-26)23-8-7-20(52-23)14-51-56(44,45)54-57(46,47)53-55(41,42)43/h2,4,6,12-13,20,22-23,25H,7-11,14-16,29H2,1H3,(H,32,40)(H,33,39)(H,44,45)(H,46,47)(H3,30,34,35)(H2,41,42,43)/t20-,22?,23+,25?/m0/s1. The number of fused-ring (bicyclic) bond motifs is 1. The summed E-state index contributed by atoms with van der Waals surface area (Å²) in [6.45, 7) is -1.28. The maximum Gasteiger partial charge on any atom is 0.490 e. The van der Waals surface area contributed by atoms with Crippen LogP contribution in [-0.2, 0) is 45.8 Å². The second-order valence-electron chi connectivity index (χ2n) is 11.6. The van der Waals surface area contributed by atoms with Gasteiger partial charge < -0.3 is 70.5 Å². The van der Waals surface area contributed by atoms with Crippen LogP contribution in [0.3, 0.4) is 0 Å². The highest BCUT2D eigenvalue weighted by Gasteiger charge is 2.42. The molecule has 0 aliphatic carbocycles. The molecule has 2 aliphatic rings. The third-order valence-electron chi connectivity index (χ3n) is 7.39. The van der Waals surface area contributed by atoms with Crippen molar-refractivity contribution >= 4 is 47.1 Å². The van der Waals surface area contributed by atoms with Gasteiger partial charge in [0.15, 0.2) is 12.2 Å². The lowest BCUT2D eigenvalue weighted by Crippen LogP contribution is -2.32. The molecule has 2 aliphatic heterocycles. The van der Waals surface area contributed by atoms with Crippen molar-refractivity contribution in [3.05, 3.63) is 57.6 Å². The summed E-state index contributed by atoms with van der Waals surface area (Å²) in [7, 11) is -15.1. The number of ether oxygens (including phenoxy) is 4. The van der Waals surface area contributed by atoms with Crippen LogP contribution in [0.5, 0.6) is 5.75 Å². The molecule has 1 aromatic heterocycles. The first-order valence-corrected chi connectivity index (χ1v) is 20.9. The number of azide groups is 1. The minimum absolute atomic E-state index is 0.000148. The van der Waals surface area contributed by atoms with E-state index in [0.717, 1.165) is 0 Å². The van der Waals surface area contributed by atoms with Crippen molar-refractivity contribution in [2.45, 2.75) is 37.6 Å². The summed E-state index contributed by atoms with van der Waals surface area (Å²) >= 11 is 0. The fourth-order valence-electron chi connectivity index (χ4n) is 5.11. The Morgan fingerprint density at radius 3 is 2.68 bits per heavy atom. The minimum Gasteiger partial charge on any atom is -0.491 e. The average Bonchev–Trinajstić information content (AvgIpc) is 3.74. The molecule has 11 N–H and O–H groups in total. The molecule has 0 radical (unpaired) electrons. The Balaban J connectivity index is 1.24. The Bertz CT molecular complexity index is 2060. The number of anilines is 1. The molecule has 57 heavy (non-hydrogen) atoms. The van der Waals surface area contributed by atoms with Crippen molar-refractivity contribution in [2.24, 2.45) is 21.6 Å². The monoisotopic (exact) mass is 864 g/mol. The first kappa shape index (κ1) is 45.3. The average molecular weight is 865 g/mol. The van der Waals surface area contributed by atoms with Gasteiger partial charge in [0.25, 0.3) is 5.91 Å². The summed E-state index contributed by atoms with van der Waals surface area (Å²) in [5, 5.41) is 11.5. The van der Waals surface area contributed by atoms with Crippen molar-refractivity contribution in [1.29, 1.82) is 0 Å². The number of aromatic nitrogens is 1. The van der Waals surface area contributed by atoms with Gasteiger partial charge in [-0.25, -0.2) is 18.7 Å². The highest BCUT2D eigenvalue weighted by molar-refractivity contribution is 7.66. The van der Waals surface area contributed by atoms with Crippen molar-refractivity contribution in [3.63, 3.8) is 0 Å². The van der Waals surface area contributed by atoms with Gasteiger partial charge in [-0.15, -0.1) is 0 Å². The maximum atomic E-state index is 12.3. The number of nitrogens with zero attached hydrogens (tertiary/aromatic N) is 5. The predicted octanol–water partition coefficient (Wildman–Crippen LogP) is 0.782. The molecular formula is C28H39N10O16P3. The molecule has 2 amide bonds. The number of carbonyl (C=O) groups is 2. The fourth-order valence-corrected chi connectivity index (χ4v) is 8.16. The van der Waals surface area contributed by atoms with Crippen LogP contribution >= 0.6 is 23.5 Å². The maximum absolute atomic E-state index is 12.3. The van der Waals surface area contributed by atoms with E-state index in [-0.39, 0.29) is 51.3 Å². The van der Waals surface area contributed by atoms with Crippen molar-refractivity contribution in [3.8, 4) is 17.6 Å². The highest BCUT2D eigenvalue weighted by Crippen LogP contribution is 2.66. The van der Waals surface area contributed by atoms with Crippen LogP contribution in [0, 0.1) is 11.8 Å². The zero-order valence-corrected chi connectivity index (χ0v) is 32.5. The largest absolute Gasteiger partial charge is 0.491 e. The van der Waals surface area contributed by atoms with Gasteiger partial charge in [-0.2, -0.15) is 8.62 Å². The SMILES string of the molecule is CNC(=O)c1cccc(OCC(N=[N+]=[N-])OCCOCC(=O)NCC#Cc2cn([C@H]3CC[C@@H](COP(=O)(O)OP(=O)(O)OP(=O)(O)O)O3)c3c2C(N)N=C(N)N3)c1. The number of benzene rings is 1. The lowest BCUT2D eigenvalue weighted by Gasteiger charge is -2.23. The van der Waals surface area contributed by atoms with Gasteiger partial charge >= 0.3 is 23.5 Å². The Kier molecular flexibility index (Phi) is 16.2. The molecule has 26 nitrogen and oxygen atoms in total. The second kappa shape index (κ2) is 20.4. The number of phosphoric acid groups is 3. The third-order valence-corrected chi connectivity index (χ3v) is 11.2. The molecule has 0 spiro atoms. The summed E-state index contributed by atoms with van der Waals surface area (Å²) < 4.78 is 70.6. The molecule has 1 aromatic carbocycles. The van der Waals surface area contributed by atoms with Crippen LogP contribution in [0.2, 0.25) is 0 Å². The van der Waals surface area contributed by atoms with Gasteiger partial charge in [0.2, 0.25) is 5.91 Å². The lowest BCUT2D eigenvalue weighted by atomic mass is 10.1. The molecule has 1 fully saturated rings. The topological polar surface area (TPSA) is 385 Å². The summed E-state index contributed by atoms with van der Waals surface area (Å²) in [6, 6.07) is 6.37. The van der Waals surface area contributed by atoms with Gasteiger partial charge in [-0.1, -0.05) is 23.0 Å². The molecule has 3 heterocycles.